The fraction of sp³-hybridized carbons (Fsp3) is 0.241. The van der Waals surface area contributed by atoms with Crippen molar-refractivity contribution < 1.29 is 28.7 Å². The number of methoxy groups -OCH3 is 1. The molecule has 198 valence electrons. The highest BCUT2D eigenvalue weighted by atomic mass is 32.2. The number of hydrogen-bond donors (Lipinski definition) is 0. The number of Topliss-reactive ketones (excluding diaryl/α,β-unsaturated/α-hetero) is 1. The fourth-order valence-electron chi connectivity index (χ4n) is 4.07. The molecule has 2 aromatic carbocycles. The van der Waals surface area contributed by atoms with Crippen LogP contribution >= 0.6 is 11.8 Å². The summed E-state index contributed by atoms with van der Waals surface area (Å²) in [5, 5.41) is 9.32. The highest BCUT2D eigenvalue weighted by Gasteiger charge is 2.41. The maximum atomic E-state index is 13.2. The normalized spacial score (nSPS) is 14.7. The van der Waals surface area contributed by atoms with Gasteiger partial charge >= 0.3 is 5.97 Å². The van der Waals surface area contributed by atoms with Gasteiger partial charge in [-0.2, -0.15) is 5.26 Å². The quantitative estimate of drug-likeness (QED) is 0.231. The van der Waals surface area contributed by atoms with E-state index in [2.05, 4.69) is 11.1 Å². The molecule has 0 aliphatic carbocycles. The minimum atomic E-state index is -0.731. The molecule has 0 bridgehead atoms. The Morgan fingerprint density at radius 2 is 1.79 bits per heavy atom. The lowest BCUT2D eigenvalue weighted by molar-refractivity contribution is -0.121. The molecule has 3 aromatic rings. The number of pyridine rings is 1. The maximum Gasteiger partial charge on any atom is 0.338 e. The molecule has 1 aliphatic heterocycles. The van der Waals surface area contributed by atoms with E-state index in [1.54, 1.807) is 24.3 Å². The van der Waals surface area contributed by atoms with E-state index in [0.29, 0.717) is 27.6 Å². The van der Waals surface area contributed by atoms with Crippen LogP contribution in [0.5, 0.6) is 5.75 Å². The molecule has 0 saturated carbocycles. The second kappa shape index (κ2) is 11.5. The summed E-state index contributed by atoms with van der Waals surface area (Å²) in [6.07, 6.45) is -0.0435. The van der Waals surface area contributed by atoms with Gasteiger partial charge in [-0.1, -0.05) is 23.9 Å². The summed E-state index contributed by atoms with van der Waals surface area (Å²) in [6.45, 7) is 5.11. The monoisotopic (exact) mass is 543 g/mol. The summed E-state index contributed by atoms with van der Waals surface area (Å²) >= 11 is 1.11. The van der Waals surface area contributed by atoms with Crippen LogP contribution in [0.2, 0.25) is 0 Å². The van der Waals surface area contributed by atoms with Gasteiger partial charge < -0.3 is 9.47 Å². The van der Waals surface area contributed by atoms with Crippen LogP contribution in [0.1, 0.15) is 49.5 Å². The summed E-state index contributed by atoms with van der Waals surface area (Å²) in [6, 6.07) is 14.5. The zero-order chi connectivity index (χ0) is 28.3. The first kappa shape index (κ1) is 27.5. The number of anilines is 1. The second-order valence-electron chi connectivity index (χ2n) is 8.90. The molecule has 1 fully saturated rings. The second-order valence-corrected chi connectivity index (χ2v) is 10.1. The van der Waals surface area contributed by atoms with Gasteiger partial charge in [0.15, 0.2) is 12.4 Å². The van der Waals surface area contributed by atoms with Crippen LogP contribution in [0.3, 0.4) is 0 Å². The van der Waals surface area contributed by atoms with Crippen molar-refractivity contribution in [2.24, 2.45) is 0 Å². The Morgan fingerprint density at radius 3 is 2.46 bits per heavy atom. The largest absolute Gasteiger partial charge is 0.497 e. The number of nitriles is 1. The van der Waals surface area contributed by atoms with Crippen molar-refractivity contribution in [1.29, 1.82) is 5.26 Å². The van der Waals surface area contributed by atoms with E-state index in [1.807, 2.05) is 20.8 Å². The number of ether oxygens (including phenoxy) is 2. The molecule has 1 atom stereocenters. The van der Waals surface area contributed by atoms with Gasteiger partial charge in [0.25, 0.3) is 0 Å². The van der Waals surface area contributed by atoms with Crippen LogP contribution in [0, 0.1) is 32.1 Å². The molecule has 0 radical (unpaired) electrons. The van der Waals surface area contributed by atoms with Crippen molar-refractivity contribution in [2.45, 2.75) is 37.5 Å². The first-order valence-corrected chi connectivity index (χ1v) is 12.9. The highest BCUT2D eigenvalue weighted by Crippen LogP contribution is 2.36. The number of esters is 1. The molecule has 0 spiro atoms. The molecule has 0 N–H and O–H groups in total. The fourth-order valence-corrected chi connectivity index (χ4v) is 5.28. The molecule has 39 heavy (non-hydrogen) atoms. The number of aryl methyl sites for hydroxylation is 1. The Balaban J connectivity index is 1.42. The third-order valence-electron chi connectivity index (χ3n) is 6.52. The summed E-state index contributed by atoms with van der Waals surface area (Å²) in [5.41, 5.74) is 3.69. The van der Waals surface area contributed by atoms with Crippen LogP contribution in [0.15, 0.2) is 53.6 Å². The van der Waals surface area contributed by atoms with E-state index in [-0.39, 0.29) is 17.8 Å². The van der Waals surface area contributed by atoms with Crippen molar-refractivity contribution in [3.63, 3.8) is 0 Å². The maximum absolute atomic E-state index is 13.2. The number of hydrogen-bond acceptors (Lipinski definition) is 9. The number of ketones is 1. The minimum Gasteiger partial charge on any atom is -0.497 e. The van der Waals surface area contributed by atoms with Crippen LogP contribution in [-0.4, -0.2) is 47.5 Å². The van der Waals surface area contributed by atoms with E-state index in [4.69, 9.17) is 9.47 Å². The Morgan fingerprint density at radius 1 is 1.08 bits per heavy atom. The van der Waals surface area contributed by atoms with E-state index >= 15 is 0 Å². The summed E-state index contributed by atoms with van der Waals surface area (Å²) in [4.78, 5) is 56.3. The lowest BCUT2D eigenvalue weighted by Gasteiger charge is -2.16. The molecule has 2 heterocycles. The van der Waals surface area contributed by atoms with E-state index in [0.717, 1.165) is 33.5 Å². The van der Waals surface area contributed by atoms with Crippen LogP contribution in [-0.2, 0) is 14.3 Å². The van der Waals surface area contributed by atoms with Crippen LogP contribution < -0.4 is 9.64 Å². The van der Waals surface area contributed by atoms with E-state index in [9.17, 15) is 24.4 Å². The smallest absolute Gasteiger partial charge is 0.338 e. The van der Waals surface area contributed by atoms with Gasteiger partial charge in [0.1, 0.15) is 16.8 Å². The molecule has 1 unspecified atom stereocenters. The van der Waals surface area contributed by atoms with Crippen molar-refractivity contribution >= 4 is 41.0 Å². The van der Waals surface area contributed by atoms with E-state index in [1.165, 1.54) is 31.4 Å². The number of rotatable bonds is 8. The summed E-state index contributed by atoms with van der Waals surface area (Å²) in [7, 11) is 1.49. The highest BCUT2D eigenvalue weighted by molar-refractivity contribution is 8.00. The van der Waals surface area contributed by atoms with Crippen LogP contribution in [0.25, 0.3) is 0 Å². The van der Waals surface area contributed by atoms with Crippen molar-refractivity contribution in [3.05, 3.63) is 82.0 Å². The Hall–Kier alpha value is -4.49. The third-order valence-corrected chi connectivity index (χ3v) is 7.69. The Bertz CT molecular complexity index is 1530. The van der Waals surface area contributed by atoms with Gasteiger partial charge in [-0.05, 0) is 68.3 Å². The predicted molar refractivity (Wildman–Crippen MR) is 144 cm³/mol. The standard InChI is InChI=1S/C29H25N3O6S/c1-16-17(2)23(14-30)27(31-18(16)3)39-25-13-26(34)32(28(25)35)21-10-8-19(9-11-21)29(36)38-15-24(33)20-6-5-7-22(12-20)37-4/h5-12,25H,13,15H2,1-4H3. The molecule has 1 aliphatic rings. The van der Waals surface area contributed by atoms with Crippen molar-refractivity contribution in [2.75, 3.05) is 18.6 Å². The van der Waals surface area contributed by atoms with E-state index < -0.39 is 29.6 Å². The topological polar surface area (TPSA) is 127 Å². The number of carbonyl (C=O) groups excluding carboxylic acids is 4. The number of carbonyl (C=O) groups is 4. The van der Waals surface area contributed by atoms with Gasteiger partial charge in [-0.25, -0.2) is 14.7 Å². The lowest BCUT2D eigenvalue weighted by atomic mass is 10.1. The molecular weight excluding hydrogens is 518 g/mol. The number of benzene rings is 2. The first-order chi connectivity index (χ1) is 18.6. The zero-order valence-electron chi connectivity index (χ0n) is 21.8. The van der Waals surface area contributed by atoms with Gasteiger partial charge in [0.2, 0.25) is 11.8 Å². The first-order valence-electron chi connectivity index (χ1n) is 12.0. The third kappa shape index (κ3) is 5.68. The SMILES string of the molecule is COc1cccc(C(=O)COC(=O)c2ccc(N3C(=O)CC(Sc4nc(C)c(C)c(C)c4C#N)C3=O)cc2)c1. The molecule has 1 aromatic heterocycles. The van der Waals surface area contributed by atoms with Crippen molar-refractivity contribution in [1.82, 2.24) is 4.98 Å². The Labute approximate surface area is 229 Å². The predicted octanol–water partition coefficient (Wildman–Crippen LogP) is 4.35. The van der Waals surface area contributed by atoms with Gasteiger partial charge in [0.05, 0.1) is 29.2 Å². The van der Waals surface area contributed by atoms with Gasteiger partial charge in [-0.15, -0.1) is 0 Å². The molecule has 1 saturated heterocycles. The average molecular weight is 544 g/mol. The zero-order valence-corrected chi connectivity index (χ0v) is 22.6. The Kier molecular flexibility index (Phi) is 8.12. The average Bonchev–Trinajstić information content (AvgIpc) is 3.22. The summed E-state index contributed by atoms with van der Waals surface area (Å²) in [5.74, 6) is -1.41. The van der Waals surface area contributed by atoms with Gasteiger partial charge in [0, 0.05) is 17.7 Å². The molecule has 9 nitrogen and oxygen atoms in total. The number of imide groups is 1. The van der Waals surface area contributed by atoms with Crippen molar-refractivity contribution in [3.8, 4) is 11.8 Å². The number of thioether (sulfide) groups is 1. The summed E-state index contributed by atoms with van der Waals surface area (Å²) < 4.78 is 10.2. The molecular formula is C29H25N3O6S. The lowest BCUT2D eigenvalue weighted by Crippen LogP contribution is -2.31. The number of nitrogens with zero attached hydrogens (tertiary/aromatic N) is 3. The van der Waals surface area contributed by atoms with Crippen LogP contribution in [0.4, 0.5) is 5.69 Å². The molecule has 4 rings (SSSR count). The number of aromatic nitrogens is 1. The number of amides is 2. The molecule has 2 amide bonds. The van der Waals surface area contributed by atoms with Gasteiger partial charge in [-0.3, -0.25) is 14.4 Å². The molecule has 10 heteroatoms. The minimum absolute atomic E-state index is 0.0435.